The first kappa shape index (κ1) is 12.7. The van der Waals surface area contributed by atoms with Gasteiger partial charge >= 0.3 is 0 Å². The van der Waals surface area contributed by atoms with Gasteiger partial charge in [0.05, 0.1) is 6.61 Å². The monoisotopic (exact) mass is 271 g/mol. The van der Waals surface area contributed by atoms with Gasteiger partial charge in [-0.3, -0.25) is 0 Å². The number of hydrogen-bond donors (Lipinski definition) is 1. The molecule has 2 saturated carbocycles. The van der Waals surface area contributed by atoms with Crippen molar-refractivity contribution in [1.29, 1.82) is 0 Å². The molecule has 4 rings (SSSR count). The average molecular weight is 271 g/mol. The van der Waals surface area contributed by atoms with Crippen LogP contribution in [-0.2, 0) is 6.42 Å². The summed E-state index contributed by atoms with van der Waals surface area (Å²) in [6.07, 6.45) is 9.22. The molecule has 2 N–H and O–H groups in total. The average Bonchev–Trinajstić information content (AvgIpc) is 3.08. The van der Waals surface area contributed by atoms with Crippen LogP contribution in [0.2, 0.25) is 0 Å². The topological polar surface area (TPSA) is 35.2 Å². The van der Waals surface area contributed by atoms with Crippen molar-refractivity contribution < 1.29 is 4.74 Å². The van der Waals surface area contributed by atoms with Crippen molar-refractivity contribution in [3.63, 3.8) is 0 Å². The highest BCUT2D eigenvalue weighted by atomic mass is 16.5. The van der Waals surface area contributed by atoms with Crippen molar-refractivity contribution in [2.24, 2.45) is 23.5 Å². The Bertz CT molecular complexity index is 498. The number of rotatable bonds is 3. The van der Waals surface area contributed by atoms with E-state index in [0.29, 0.717) is 0 Å². The molecule has 3 aliphatic carbocycles. The third-order valence-electron chi connectivity index (χ3n) is 5.85. The van der Waals surface area contributed by atoms with Crippen LogP contribution < -0.4 is 10.5 Å². The highest BCUT2D eigenvalue weighted by Crippen LogP contribution is 2.48. The van der Waals surface area contributed by atoms with Crippen LogP contribution in [0.5, 0.6) is 5.75 Å². The molecule has 0 aliphatic heterocycles. The summed E-state index contributed by atoms with van der Waals surface area (Å²) in [5.74, 6) is 3.87. The lowest BCUT2D eigenvalue weighted by atomic mass is 9.87. The lowest BCUT2D eigenvalue weighted by Crippen LogP contribution is -2.21. The van der Waals surface area contributed by atoms with E-state index in [4.69, 9.17) is 10.5 Å². The van der Waals surface area contributed by atoms with E-state index in [1.54, 1.807) is 0 Å². The third-order valence-corrected chi connectivity index (χ3v) is 5.85. The van der Waals surface area contributed by atoms with Crippen LogP contribution in [0.3, 0.4) is 0 Å². The van der Waals surface area contributed by atoms with Gasteiger partial charge in [0, 0.05) is 6.04 Å². The van der Waals surface area contributed by atoms with E-state index in [0.717, 1.165) is 43.0 Å². The quantitative estimate of drug-likeness (QED) is 0.906. The molecule has 4 unspecified atom stereocenters. The number of nitrogens with two attached hydrogens (primary N) is 1. The van der Waals surface area contributed by atoms with Crippen LogP contribution >= 0.6 is 0 Å². The van der Waals surface area contributed by atoms with Crippen LogP contribution in [0.25, 0.3) is 0 Å². The first-order chi connectivity index (χ1) is 9.81. The Morgan fingerprint density at radius 2 is 2.10 bits per heavy atom. The Balaban J connectivity index is 1.48. The van der Waals surface area contributed by atoms with Gasteiger partial charge in [-0.05, 0) is 73.5 Å². The summed E-state index contributed by atoms with van der Waals surface area (Å²) in [5.41, 5.74) is 8.93. The lowest BCUT2D eigenvalue weighted by Gasteiger charge is -2.26. The summed E-state index contributed by atoms with van der Waals surface area (Å²) in [5, 5.41) is 0. The minimum Gasteiger partial charge on any atom is -0.493 e. The molecule has 0 radical (unpaired) electrons. The fourth-order valence-electron chi connectivity index (χ4n) is 4.76. The Hall–Kier alpha value is -1.02. The van der Waals surface area contributed by atoms with Crippen LogP contribution in [0, 0.1) is 17.8 Å². The normalized spacial score (nSPS) is 35.0. The molecule has 1 aromatic carbocycles. The van der Waals surface area contributed by atoms with Crippen LogP contribution in [0.15, 0.2) is 18.2 Å². The fourth-order valence-corrected chi connectivity index (χ4v) is 4.76. The van der Waals surface area contributed by atoms with E-state index >= 15 is 0 Å². The first-order valence-corrected chi connectivity index (χ1v) is 8.31. The Morgan fingerprint density at radius 3 is 2.90 bits per heavy atom. The van der Waals surface area contributed by atoms with Crippen molar-refractivity contribution in [2.75, 3.05) is 6.61 Å². The first-order valence-electron chi connectivity index (χ1n) is 8.31. The minimum atomic E-state index is 0.213. The Kier molecular flexibility index (Phi) is 3.22. The lowest BCUT2D eigenvalue weighted by molar-refractivity contribution is 0.193. The molecule has 0 heterocycles. The maximum Gasteiger partial charge on any atom is 0.122 e. The molecule has 0 aromatic heterocycles. The van der Waals surface area contributed by atoms with Gasteiger partial charge in [-0.1, -0.05) is 18.6 Å². The smallest absolute Gasteiger partial charge is 0.122 e. The Morgan fingerprint density at radius 1 is 1.15 bits per heavy atom. The van der Waals surface area contributed by atoms with Crippen molar-refractivity contribution in [3.8, 4) is 5.75 Å². The SMILES string of the molecule is NC1CCCc2c(OCC3CC4CCC3C4)cccc21. The second-order valence-corrected chi connectivity index (χ2v) is 7.07. The molecular formula is C18H25NO. The number of hydrogen-bond acceptors (Lipinski definition) is 2. The molecule has 2 nitrogen and oxygen atoms in total. The largest absolute Gasteiger partial charge is 0.493 e. The molecule has 108 valence electrons. The molecule has 0 amide bonds. The van der Waals surface area contributed by atoms with Crippen molar-refractivity contribution in [2.45, 2.75) is 51.0 Å². The zero-order chi connectivity index (χ0) is 13.5. The number of ether oxygens (including phenoxy) is 1. The zero-order valence-electron chi connectivity index (χ0n) is 12.2. The second-order valence-electron chi connectivity index (χ2n) is 7.07. The standard InChI is InChI=1S/C18H25NO/c19-17-5-1-4-16-15(17)3-2-6-18(16)20-11-14-10-12-7-8-13(14)9-12/h2-3,6,12-14,17H,1,4-5,7-11,19H2. The number of benzene rings is 1. The highest BCUT2D eigenvalue weighted by molar-refractivity contribution is 5.43. The van der Waals surface area contributed by atoms with Gasteiger partial charge < -0.3 is 10.5 Å². The Labute approximate surface area is 121 Å². The van der Waals surface area contributed by atoms with Crippen LogP contribution in [-0.4, -0.2) is 6.61 Å². The van der Waals surface area contributed by atoms with Gasteiger partial charge in [0.1, 0.15) is 5.75 Å². The maximum atomic E-state index is 6.23. The fraction of sp³-hybridized carbons (Fsp3) is 0.667. The van der Waals surface area contributed by atoms with E-state index in [-0.39, 0.29) is 6.04 Å². The second kappa shape index (κ2) is 5.07. The van der Waals surface area contributed by atoms with Gasteiger partial charge in [0.15, 0.2) is 0 Å². The molecule has 1 aromatic rings. The van der Waals surface area contributed by atoms with Gasteiger partial charge in [-0.15, -0.1) is 0 Å². The molecule has 0 spiro atoms. The predicted octanol–water partition coefficient (Wildman–Crippen LogP) is 3.84. The summed E-state index contributed by atoms with van der Waals surface area (Å²) < 4.78 is 6.23. The predicted molar refractivity (Wildman–Crippen MR) is 80.7 cm³/mol. The summed E-state index contributed by atoms with van der Waals surface area (Å²) in [4.78, 5) is 0. The summed E-state index contributed by atoms with van der Waals surface area (Å²) in [7, 11) is 0. The van der Waals surface area contributed by atoms with Gasteiger partial charge in [-0.25, -0.2) is 0 Å². The molecule has 20 heavy (non-hydrogen) atoms. The molecule has 4 atom stereocenters. The molecule has 3 aliphatic rings. The molecule has 2 heteroatoms. The van der Waals surface area contributed by atoms with Gasteiger partial charge in [0.2, 0.25) is 0 Å². The maximum absolute atomic E-state index is 6.23. The summed E-state index contributed by atoms with van der Waals surface area (Å²) >= 11 is 0. The van der Waals surface area contributed by atoms with Crippen molar-refractivity contribution in [1.82, 2.24) is 0 Å². The van der Waals surface area contributed by atoms with Crippen LogP contribution in [0.1, 0.15) is 55.7 Å². The summed E-state index contributed by atoms with van der Waals surface area (Å²) in [6, 6.07) is 6.65. The highest BCUT2D eigenvalue weighted by Gasteiger charge is 2.39. The molecule has 0 saturated heterocycles. The van der Waals surface area contributed by atoms with E-state index in [2.05, 4.69) is 18.2 Å². The summed E-state index contributed by atoms with van der Waals surface area (Å²) in [6.45, 7) is 0.923. The third kappa shape index (κ3) is 2.14. The van der Waals surface area contributed by atoms with E-state index in [9.17, 15) is 0 Å². The van der Waals surface area contributed by atoms with Crippen molar-refractivity contribution in [3.05, 3.63) is 29.3 Å². The number of fused-ring (bicyclic) bond motifs is 3. The van der Waals surface area contributed by atoms with Gasteiger partial charge in [0.25, 0.3) is 0 Å². The van der Waals surface area contributed by atoms with Crippen LogP contribution in [0.4, 0.5) is 0 Å². The van der Waals surface area contributed by atoms with Gasteiger partial charge in [-0.2, -0.15) is 0 Å². The van der Waals surface area contributed by atoms with E-state index in [1.807, 2.05) is 0 Å². The zero-order valence-corrected chi connectivity index (χ0v) is 12.2. The van der Waals surface area contributed by atoms with E-state index in [1.165, 1.54) is 43.2 Å². The minimum absolute atomic E-state index is 0.213. The van der Waals surface area contributed by atoms with E-state index < -0.39 is 0 Å². The molecule has 2 bridgehead atoms. The van der Waals surface area contributed by atoms with Crippen molar-refractivity contribution >= 4 is 0 Å². The molecule has 2 fully saturated rings. The molecular weight excluding hydrogens is 246 g/mol.